The number of hydrogen-bond acceptors (Lipinski definition) is 1. The Morgan fingerprint density at radius 3 is 1.62 bits per heavy atom. The largest absolute Gasteiger partial charge is 0.388 e. The maximum Gasteiger partial charge on any atom is 0.0947 e. The molecule has 0 amide bonds. The van der Waals surface area contributed by atoms with Crippen LogP contribution >= 0.6 is 0 Å². The summed E-state index contributed by atoms with van der Waals surface area (Å²) in [4.78, 5) is 0. The fraction of sp³-hybridized carbons (Fsp3) is 0.455. The van der Waals surface area contributed by atoms with E-state index in [1.807, 2.05) is 18.2 Å². The average molecular weight is 196 g/mol. The maximum absolute atomic E-state index is 5.28. The Bertz CT molecular complexity index is 148. The number of hydrogen-bond donors (Lipinski definition) is 0. The van der Waals surface area contributed by atoms with Gasteiger partial charge in [0.25, 0.3) is 0 Å². The minimum Gasteiger partial charge on any atom is -0.388 e. The number of allylic oxidation sites excluding steroid dienone is 3. The standard InChI is InChI=1S/C11H20OSi/c1-5-8-13(9-6-2,10-7-3)11-12-4/h5-7H,1-3,8-11H2,4H3. The van der Waals surface area contributed by atoms with Crippen molar-refractivity contribution in [2.75, 3.05) is 13.3 Å². The molecule has 0 aliphatic carbocycles. The Morgan fingerprint density at radius 2 is 1.38 bits per heavy atom. The van der Waals surface area contributed by atoms with Crippen molar-refractivity contribution in [1.29, 1.82) is 0 Å². The lowest BCUT2D eigenvalue weighted by Crippen LogP contribution is -2.38. The SMILES string of the molecule is C=CC[Si](CC=C)(CC=C)COC. The van der Waals surface area contributed by atoms with Crippen molar-refractivity contribution in [2.24, 2.45) is 0 Å². The third-order valence-corrected chi connectivity index (χ3v) is 6.55. The number of rotatable bonds is 8. The first-order valence-electron chi connectivity index (χ1n) is 4.56. The van der Waals surface area contributed by atoms with Crippen LogP contribution in [0.25, 0.3) is 0 Å². The van der Waals surface area contributed by atoms with Crippen LogP contribution in [0.2, 0.25) is 18.1 Å². The molecule has 0 fully saturated rings. The third kappa shape index (κ3) is 4.25. The number of ether oxygens (including phenoxy) is 1. The lowest BCUT2D eigenvalue weighted by molar-refractivity contribution is 0.245. The van der Waals surface area contributed by atoms with E-state index in [0.29, 0.717) is 0 Å². The van der Waals surface area contributed by atoms with Crippen molar-refractivity contribution >= 4 is 8.07 Å². The highest BCUT2D eigenvalue weighted by Crippen LogP contribution is 2.22. The van der Waals surface area contributed by atoms with Gasteiger partial charge in [-0.05, 0) is 18.1 Å². The average Bonchev–Trinajstić information content (AvgIpc) is 2.06. The van der Waals surface area contributed by atoms with Crippen LogP contribution in [0.4, 0.5) is 0 Å². The molecule has 13 heavy (non-hydrogen) atoms. The summed E-state index contributed by atoms with van der Waals surface area (Å²) < 4.78 is 5.28. The first kappa shape index (κ1) is 12.4. The zero-order valence-corrected chi connectivity index (χ0v) is 9.59. The molecule has 0 aromatic carbocycles. The molecule has 0 unspecified atom stereocenters. The predicted molar refractivity (Wildman–Crippen MR) is 62.6 cm³/mol. The Balaban J connectivity index is 4.44. The molecule has 0 N–H and O–H groups in total. The van der Waals surface area contributed by atoms with Gasteiger partial charge in [-0.15, -0.1) is 19.7 Å². The summed E-state index contributed by atoms with van der Waals surface area (Å²) in [7, 11) is 0.389. The van der Waals surface area contributed by atoms with Crippen LogP contribution < -0.4 is 0 Å². The Kier molecular flexibility index (Phi) is 6.55. The van der Waals surface area contributed by atoms with Gasteiger partial charge in [-0.1, -0.05) is 18.2 Å². The van der Waals surface area contributed by atoms with Gasteiger partial charge < -0.3 is 4.74 Å². The van der Waals surface area contributed by atoms with E-state index in [1.54, 1.807) is 7.11 Å². The van der Waals surface area contributed by atoms with Crippen molar-refractivity contribution in [2.45, 2.75) is 18.1 Å². The summed E-state index contributed by atoms with van der Waals surface area (Å²) in [5.41, 5.74) is 0. The summed E-state index contributed by atoms with van der Waals surface area (Å²) in [6.07, 6.45) is 6.87. The van der Waals surface area contributed by atoms with Crippen LogP contribution in [-0.4, -0.2) is 21.4 Å². The third-order valence-electron chi connectivity index (χ3n) is 2.18. The maximum atomic E-state index is 5.28. The zero-order valence-electron chi connectivity index (χ0n) is 8.59. The van der Waals surface area contributed by atoms with Crippen molar-refractivity contribution in [3.63, 3.8) is 0 Å². The molecule has 0 saturated carbocycles. The minimum atomic E-state index is -1.37. The van der Waals surface area contributed by atoms with Crippen molar-refractivity contribution in [3.05, 3.63) is 38.0 Å². The van der Waals surface area contributed by atoms with Gasteiger partial charge in [0.2, 0.25) is 0 Å². The molecule has 0 bridgehead atoms. The van der Waals surface area contributed by atoms with Crippen LogP contribution in [0.3, 0.4) is 0 Å². The Hall–Kier alpha value is -0.603. The summed E-state index contributed by atoms with van der Waals surface area (Å²) in [5.74, 6) is 0. The van der Waals surface area contributed by atoms with Crippen LogP contribution in [0.1, 0.15) is 0 Å². The molecule has 0 aromatic heterocycles. The highest BCUT2D eigenvalue weighted by atomic mass is 28.3. The van der Waals surface area contributed by atoms with Gasteiger partial charge in [-0.3, -0.25) is 0 Å². The summed E-state index contributed by atoms with van der Waals surface area (Å²) in [6.45, 7) is 11.4. The van der Waals surface area contributed by atoms with Gasteiger partial charge in [0.1, 0.15) is 0 Å². The van der Waals surface area contributed by atoms with Gasteiger partial charge in [0, 0.05) is 13.3 Å². The predicted octanol–water partition coefficient (Wildman–Crippen LogP) is 3.18. The van der Waals surface area contributed by atoms with E-state index in [1.165, 1.54) is 0 Å². The second kappa shape index (κ2) is 6.86. The molecule has 1 nitrogen and oxygen atoms in total. The van der Waals surface area contributed by atoms with E-state index in [2.05, 4.69) is 19.7 Å². The lowest BCUT2D eigenvalue weighted by Gasteiger charge is -2.27. The molecule has 0 saturated heterocycles. The zero-order chi connectivity index (χ0) is 10.2. The fourth-order valence-electron chi connectivity index (χ4n) is 1.65. The summed E-state index contributed by atoms with van der Waals surface area (Å²) in [5, 5.41) is 0. The number of methoxy groups -OCH3 is 1. The molecule has 0 aliphatic heterocycles. The van der Waals surface area contributed by atoms with Crippen LogP contribution in [-0.2, 0) is 4.74 Å². The van der Waals surface area contributed by atoms with Gasteiger partial charge in [0.15, 0.2) is 0 Å². The first-order chi connectivity index (χ1) is 6.24. The van der Waals surface area contributed by atoms with Gasteiger partial charge >= 0.3 is 0 Å². The van der Waals surface area contributed by atoms with Crippen molar-refractivity contribution in [1.82, 2.24) is 0 Å². The molecule has 0 heterocycles. The van der Waals surface area contributed by atoms with Gasteiger partial charge in [0.05, 0.1) is 8.07 Å². The normalized spacial score (nSPS) is 10.8. The first-order valence-corrected chi connectivity index (χ1v) is 7.39. The summed E-state index contributed by atoms with van der Waals surface area (Å²) >= 11 is 0. The fourth-order valence-corrected chi connectivity index (χ4v) is 4.95. The molecular weight excluding hydrogens is 176 g/mol. The van der Waals surface area contributed by atoms with Crippen LogP contribution in [0, 0.1) is 0 Å². The molecule has 2 heteroatoms. The lowest BCUT2D eigenvalue weighted by atomic mass is 10.7. The molecule has 0 spiro atoms. The Labute approximate surface area is 82.8 Å². The summed E-state index contributed by atoms with van der Waals surface area (Å²) in [6, 6.07) is 3.25. The minimum absolute atomic E-state index is 0.872. The monoisotopic (exact) mass is 196 g/mol. The van der Waals surface area contributed by atoms with Gasteiger partial charge in [-0.2, -0.15) is 0 Å². The molecular formula is C11H20OSi. The van der Waals surface area contributed by atoms with E-state index in [4.69, 9.17) is 4.74 Å². The quantitative estimate of drug-likeness (QED) is 0.428. The van der Waals surface area contributed by atoms with E-state index in [-0.39, 0.29) is 0 Å². The Morgan fingerprint density at radius 1 is 1.00 bits per heavy atom. The van der Waals surface area contributed by atoms with E-state index in [0.717, 1.165) is 24.4 Å². The topological polar surface area (TPSA) is 9.23 Å². The van der Waals surface area contributed by atoms with Crippen molar-refractivity contribution in [3.8, 4) is 0 Å². The van der Waals surface area contributed by atoms with E-state index < -0.39 is 8.07 Å². The second-order valence-corrected chi connectivity index (χ2v) is 7.92. The van der Waals surface area contributed by atoms with Crippen LogP contribution in [0.15, 0.2) is 38.0 Å². The molecule has 0 atom stereocenters. The van der Waals surface area contributed by atoms with Crippen molar-refractivity contribution < 1.29 is 4.74 Å². The molecule has 74 valence electrons. The van der Waals surface area contributed by atoms with Gasteiger partial charge in [-0.25, -0.2) is 0 Å². The molecule has 0 aliphatic rings. The molecule has 0 rings (SSSR count). The second-order valence-electron chi connectivity index (χ2n) is 3.41. The highest BCUT2D eigenvalue weighted by Gasteiger charge is 2.28. The molecule has 0 aromatic rings. The van der Waals surface area contributed by atoms with E-state index in [9.17, 15) is 0 Å². The smallest absolute Gasteiger partial charge is 0.0947 e. The highest BCUT2D eigenvalue weighted by molar-refractivity contribution is 6.81. The molecule has 0 radical (unpaired) electrons. The van der Waals surface area contributed by atoms with E-state index >= 15 is 0 Å². The van der Waals surface area contributed by atoms with Crippen LogP contribution in [0.5, 0.6) is 0 Å².